The molecule has 2 aromatic rings. The molecule has 1 aliphatic carbocycles. The molecule has 6 nitrogen and oxygen atoms in total. The Hall–Kier alpha value is -2.22. The predicted octanol–water partition coefficient (Wildman–Crippen LogP) is 2.90. The van der Waals surface area contributed by atoms with Crippen LogP contribution in [0.15, 0.2) is 42.5 Å². The lowest BCUT2D eigenvalue weighted by atomic mass is 10.1. The van der Waals surface area contributed by atoms with Crippen LogP contribution in [-0.2, 0) is 9.53 Å². The number of ether oxygens (including phenoxy) is 1. The first-order valence-corrected chi connectivity index (χ1v) is 10.6. The van der Waals surface area contributed by atoms with Crippen molar-refractivity contribution in [3.63, 3.8) is 0 Å². The van der Waals surface area contributed by atoms with Crippen molar-refractivity contribution in [3.8, 4) is 0 Å². The second kappa shape index (κ2) is 8.86. The van der Waals surface area contributed by atoms with Gasteiger partial charge in [0.15, 0.2) is 0 Å². The zero-order chi connectivity index (χ0) is 19.3. The Morgan fingerprint density at radius 2 is 1.86 bits per heavy atom. The van der Waals surface area contributed by atoms with E-state index in [0.717, 1.165) is 56.3 Å². The molecule has 7 heteroatoms. The monoisotopic (exact) mass is 399 g/mol. The molecule has 2 fully saturated rings. The number of morpholine rings is 1. The number of carbonyl (C=O) groups is 2. The number of amides is 2. The molecular weight excluding hydrogens is 374 g/mol. The summed E-state index contributed by atoms with van der Waals surface area (Å²) in [6.07, 6.45) is 1.93. The largest absolute Gasteiger partial charge is 0.379 e. The van der Waals surface area contributed by atoms with Crippen molar-refractivity contribution in [2.75, 3.05) is 38.2 Å². The topological polar surface area (TPSA) is 70.7 Å². The average Bonchev–Trinajstić information content (AvgIpc) is 3.48. The molecule has 1 aromatic carbocycles. The Labute approximate surface area is 168 Å². The molecule has 0 spiro atoms. The summed E-state index contributed by atoms with van der Waals surface area (Å²) in [7, 11) is 0. The Morgan fingerprint density at radius 1 is 1.11 bits per heavy atom. The number of benzene rings is 1. The Morgan fingerprint density at radius 3 is 2.57 bits per heavy atom. The summed E-state index contributed by atoms with van der Waals surface area (Å²) >= 11 is 1.32. The van der Waals surface area contributed by atoms with Crippen molar-refractivity contribution < 1.29 is 14.3 Å². The maximum atomic E-state index is 12.9. The number of thiophene rings is 1. The molecule has 2 N–H and O–H groups in total. The van der Waals surface area contributed by atoms with Crippen LogP contribution >= 0.6 is 11.3 Å². The van der Waals surface area contributed by atoms with Gasteiger partial charge >= 0.3 is 0 Å². The molecule has 1 aromatic heterocycles. The summed E-state index contributed by atoms with van der Waals surface area (Å²) in [5, 5.41) is 6.81. The van der Waals surface area contributed by atoms with Crippen LogP contribution in [0, 0.1) is 5.92 Å². The fourth-order valence-corrected chi connectivity index (χ4v) is 4.10. The zero-order valence-corrected chi connectivity index (χ0v) is 16.5. The number of hydrogen-bond donors (Lipinski definition) is 2. The number of hydrogen-bond acceptors (Lipinski definition) is 5. The van der Waals surface area contributed by atoms with Gasteiger partial charge in [-0.25, -0.2) is 0 Å². The SMILES string of the molecule is O=C(N[C@H](CN1CCOCC1)c1ccccc1)c1ccc(NC(=O)C2CC2)s1. The molecule has 28 heavy (non-hydrogen) atoms. The van der Waals surface area contributed by atoms with Crippen LogP contribution in [0.5, 0.6) is 0 Å². The Kier molecular flexibility index (Phi) is 6.04. The standard InChI is InChI=1S/C21H25N3O3S/c25-20(16-6-7-16)23-19-9-8-18(28-19)21(26)22-17(15-4-2-1-3-5-15)14-24-10-12-27-13-11-24/h1-5,8-9,16-17H,6-7,10-14H2,(H,22,26)(H,23,25)/t17-/m1/s1. The van der Waals surface area contributed by atoms with Crippen LogP contribution in [0.3, 0.4) is 0 Å². The summed E-state index contributed by atoms with van der Waals surface area (Å²) < 4.78 is 5.43. The number of rotatable bonds is 7. The van der Waals surface area contributed by atoms with E-state index in [2.05, 4.69) is 15.5 Å². The van der Waals surface area contributed by atoms with Crippen molar-refractivity contribution in [2.45, 2.75) is 18.9 Å². The minimum absolute atomic E-state index is 0.0586. The van der Waals surface area contributed by atoms with Gasteiger partial charge < -0.3 is 15.4 Å². The van der Waals surface area contributed by atoms with Crippen molar-refractivity contribution in [2.24, 2.45) is 5.92 Å². The average molecular weight is 400 g/mol. The molecular formula is C21H25N3O3S. The zero-order valence-electron chi connectivity index (χ0n) is 15.7. The number of nitrogens with zero attached hydrogens (tertiary/aromatic N) is 1. The second-order valence-electron chi connectivity index (χ2n) is 7.28. The third-order valence-corrected chi connectivity index (χ3v) is 6.08. The van der Waals surface area contributed by atoms with E-state index in [4.69, 9.17) is 4.74 Å². The maximum Gasteiger partial charge on any atom is 0.261 e. The second-order valence-corrected chi connectivity index (χ2v) is 8.36. The van der Waals surface area contributed by atoms with Crippen molar-refractivity contribution in [1.82, 2.24) is 10.2 Å². The van der Waals surface area contributed by atoms with Gasteiger partial charge in [0.2, 0.25) is 5.91 Å². The van der Waals surface area contributed by atoms with Crippen LogP contribution in [0.25, 0.3) is 0 Å². The fourth-order valence-electron chi connectivity index (χ4n) is 3.29. The van der Waals surface area contributed by atoms with E-state index in [1.165, 1.54) is 11.3 Å². The van der Waals surface area contributed by atoms with E-state index in [1.54, 1.807) is 12.1 Å². The van der Waals surface area contributed by atoms with Gasteiger partial charge in [0, 0.05) is 25.6 Å². The minimum atomic E-state index is -0.112. The summed E-state index contributed by atoms with van der Waals surface area (Å²) in [5.74, 6) is 0.0951. The molecule has 2 amide bonds. The van der Waals surface area contributed by atoms with Crippen molar-refractivity contribution in [3.05, 3.63) is 52.9 Å². The van der Waals surface area contributed by atoms with Crippen LogP contribution in [0.1, 0.15) is 34.1 Å². The van der Waals surface area contributed by atoms with Gasteiger partial charge in [-0.3, -0.25) is 14.5 Å². The van der Waals surface area contributed by atoms with E-state index in [0.29, 0.717) is 4.88 Å². The molecule has 148 valence electrons. The van der Waals surface area contributed by atoms with Crippen molar-refractivity contribution >= 4 is 28.2 Å². The molecule has 0 radical (unpaired) electrons. The fraction of sp³-hybridized carbons (Fsp3) is 0.429. The van der Waals surface area contributed by atoms with Gasteiger partial charge in [0.1, 0.15) is 0 Å². The first kappa shape index (κ1) is 19.1. The summed E-state index contributed by atoms with van der Waals surface area (Å²) in [4.78, 5) is 27.7. The van der Waals surface area contributed by atoms with Crippen molar-refractivity contribution in [1.29, 1.82) is 0 Å². The lowest BCUT2D eigenvalue weighted by Crippen LogP contribution is -2.43. The molecule has 1 saturated carbocycles. The van der Waals surface area contributed by atoms with Gasteiger partial charge in [0.25, 0.3) is 5.91 Å². The predicted molar refractivity (Wildman–Crippen MR) is 110 cm³/mol. The summed E-state index contributed by atoms with van der Waals surface area (Å²) in [6.45, 7) is 3.94. The van der Waals surface area contributed by atoms with Crippen LogP contribution in [0.4, 0.5) is 5.00 Å². The molecule has 0 unspecified atom stereocenters. The summed E-state index contributed by atoms with van der Waals surface area (Å²) in [6, 6.07) is 13.5. The third kappa shape index (κ3) is 4.98. The van der Waals surface area contributed by atoms with Crippen LogP contribution in [-0.4, -0.2) is 49.6 Å². The third-order valence-electron chi connectivity index (χ3n) is 5.08. The first-order valence-electron chi connectivity index (χ1n) is 9.75. The minimum Gasteiger partial charge on any atom is -0.379 e. The highest BCUT2D eigenvalue weighted by atomic mass is 32.1. The lowest BCUT2D eigenvalue weighted by molar-refractivity contribution is -0.117. The van der Waals surface area contributed by atoms with Crippen LogP contribution < -0.4 is 10.6 Å². The van der Waals surface area contributed by atoms with E-state index in [-0.39, 0.29) is 23.8 Å². The highest BCUT2D eigenvalue weighted by Gasteiger charge is 2.30. The molecule has 1 atom stereocenters. The highest BCUT2D eigenvalue weighted by Crippen LogP contribution is 2.31. The number of nitrogens with one attached hydrogen (secondary N) is 2. The Bertz CT molecular complexity index is 813. The van der Waals surface area contributed by atoms with E-state index >= 15 is 0 Å². The smallest absolute Gasteiger partial charge is 0.261 e. The maximum absolute atomic E-state index is 12.9. The first-order chi connectivity index (χ1) is 13.7. The van der Waals surface area contributed by atoms with E-state index < -0.39 is 0 Å². The van der Waals surface area contributed by atoms with E-state index in [1.807, 2.05) is 30.3 Å². The molecule has 2 aliphatic rings. The van der Waals surface area contributed by atoms with Gasteiger partial charge in [-0.2, -0.15) is 0 Å². The quantitative estimate of drug-likeness (QED) is 0.751. The lowest BCUT2D eigenvalue weighted by Gasteiger charge is -2.31. The molecule has 1 aliphatic heterocycles. The molecule has 1 saturated heterocycles. The van der Waals surface area contributed by atoms with Crippen LogP contribution in [0.2, 0.25) is 0 Å². The van der Waals surface area contributed by atoms with Gasteiger partial charge in [-0.15, -0.1) is 11.3 Å². The number of anilines is 1. The Balaban J connectivity index is 1.42. The van der Waals surface area contributed by atoms with E-state index in [9.17, 15) is 9.59 Å². The van der Waals surface area contributed by atoms with Gasteiger partial charge in [0.05, 0.1) is 29.1 Å². The molecule has 0 bridgehead atoms. The number of carbonyl (C=O) groups excluding carboxylic acids is 2. The van der Waals surface area contributed by atoms with Gasteiger partial charge in [-0.05, 0) is 30.5 Å². The highest BCUT2D eigenvalue weighted by molar-refractivity contribution is 7.18. The normalized spacial score (nSPS) is 18.4. The summed E-state index contributed by atoms with van der Waals surface area (Å²) in [5.41, 5.74) is 1.08. The van der Waals surface area contributed by atoms with Gasteiger partial charge in [-0.1, -0.05) is 30.3 Å². The molecule has 2 heterocycles. The molecule has 4 rings (SSSR count).